The molecule has 0 aliphatic heterocycles. The van der Waals surface area contributed by atoms with Gasteiger partial charge in [-0.3, -0.25) is 9.36 Å². The van der Waals surface area contributed by atoms with E-state index < -0.39 is 13.6 Å². The quantitative estimate of drug-likeness (QED) is 0.530. The summed E-state index contributed by atoms with van der Waals surface area (Å²) in [4.78, 5) is 20.3. The molecule has 1 atom stereocenters. The van der Waals surface area contributed by atoms with Gasteiger partial charge in [0.2, 0.25) is 0 Å². The number of carboxylic acid groups (broad SMARTS) is 1. The molecule has 0 fully saturated rings. The number of aliphatic carboxylic acids is 1. The summed E-state index contributed by atoms with van der Waals surface area (Å²) < 4.78 is 15.8. The molecule has 0 saturated carbocycles. The van der Waals surface area contributed by atoms with E-state index in [0.717, 1.165) is 16.7 Å². The van der Waals surface area contributed by atoms with Gasteiger partial charge in [0.05, 0.1) is 6.16 Å². The van der Waals surface area contributed by atoms with Gasteiger partial charge in [-0.1, -0.05) is 48.5 Å². The van der Waals surface area contributed by atoms with Gasteiger partial charge < -0.3 is 10.00 Å². The van der Waals surface area contributed by atoms with Crippen molar-refractivity contribution in [2.75, 3.05) is 0 Å². The zero-order valence-corrected chi connectivity index (χ0v) is 13.3. The lowest BCUT2D eigenvalue weighted by Crippen LogP contribution is -2.01. The number of nitrogens with two attached hydrogens (primary N) is 1. The maximum atomic E-state index is 11.7. The van der Waals surface area contributed by atoms with Crippen LogP contribution in [-0.4, -0.2) is 16.0 Å². The molecule has 0 aliphatic carbocycles. The zero-order valence-electron chi connectivity index (χ0n) is 12.4. The SMILES string of the molecule is NOP(=O)(O)Cc1cc(CCC(=O)O)cc(-c2ccccc2)c1. The maximum absolute atomic E-state index is 11.7. The third-order valence-corrected chi connectivity index (χ3v) is 4.43. The van der Waals surface area contributed by atoms with E-state index in [-0.39, 0.29) is 12.6 Å². The Morgan fingerprint density at radius 2 is 1.74 bits per heavy atom. The molecule has 2 aromatic carbocycles. The van der Waals surface area contributed by atoms with E-state index in [9.17, 15) is 14.3 Å². The third-order valence-electron chi connectivity index (χ3n) is 3.33. The minimum atomic E-state index is -3.90. The highest BCUT2D eigenvalue weighted by Gasteiger charge is 2.19. The number of carboxylic acids is 1. The molecule has 0 amide bonds. The average molecular weight is 335 g/mol. The summed E-state index contributed by atoms with van der Waals surface area (Å²) in [5, 5.41) is 8.83. The fourth-order valence-electron chi connectivity index (χ4n) is 2.31. The van der Waals surface area contributed by atoms with E-state index in [4.69, 9.17) is 11.0 Å². The van der Waals surface area contributed by atoms with Gasteiger partial charge in [0, 0.05) is 6.42 Å². The number of rotatable bonds is 7. The Bertz CT molecular complexity index is 733. The molecule has 0 aromatic heterocycles. The molecule has 0 saturated heterocycles. The van der Waals surface area contributed by atoms with E-state index in [1.165, 1.54) is 0 Å². The first-order chi connectivity index (χ1) is 10.9. The number of hydrogen-bond donors (Lipinski definition) is 3. The average Bonchev–Trinajstić information content (AvgIpc) is 2.53. The molecule has 6 nitrogen and oxygen atoms in total. The van der Waals surface area contributed by atoms with Crippen molar-refractivity contribution in [2.24, 2.45) is 5.90 Å². The van der Waals surface area contributed by atoms with Crippen LogP contribution in [0.15, 0.2) is 48.5 Å². The number of hydrogen-bond acceptors (Lipinski definition) is 4. The van der Waals surface area contributed by atoms with Crippen molar-refractivity contribution in [3.63, 3.8) is 0 Å². The first kappa shape index (κ1) is 17.4. The molecule has 0 aliphatic rings. The van der Waals surface area contributed by atoms with Gasteiger partial charge in [-0.15, -0.1) is 0 Å². The molecule has 0 bridgehead atoms. The Kier molecular flexibility index (Phi) is 5.69. The Morgan fingerprint density at radius 3 is 2.35 bits per heavy atom. The largest absolute Gasteiger partial charge is 0.481 e. The van der Waals surface area contributed by atoms with Crippen LogP contribution in [0.4, 0.5) is 0 Å². The van der Waals surface area contributed by atoms with Crippen LogP contribution in [0.2, 0.25) is 0 Å². The summed E-state index contributed by atoms with van der Waals surface area (Å²) >= 11 is 0. The molecule has 23 heavy (non-hydrogen) atoms. The van der Waals surface area contributed by atoms with Crippen LogP contribution in [0.1, 0.15) is 17.5 Å². The van der Waals surface area contributed by atoms with Crippen molar-refractivity contribution in [3.8, 4) is 11.1 Å². The highest BCUT2D eigenvalue weighted by Crippen LogP contribution is 2.44. The second-order valence-corrected chi connectivity index (χ2v) is 7.00. The highest BCUT2D eigenvalue weighted by molar-refractivity contribution is 7.51. The third kappa shape index (κ3) is 5.30. The van der Waals surface area contributed by atoms with Crippen molar-refractivity contribution in [1.29, 1.82) is 0 Å². The molecule has 2 rings (SSSR count). The maximum Gasteiger partial charge on any atom is 0.348 e. The lowest BCUT2D eigenvalue weighted by molar-refractivity contribution is -0.136. The van der Waals surface area contributed by atoms with Crippen LogP contribution in [0.25, 0.3) is 11.1 Å². The van der Waals surface area contributed by atoms with Gasteiger partial charge in [-0.05, 0) is 28.7 Å². The fourth-order valence-corrected chi connectivity index (χ4v) is 3.03. The monoisotopic (exact) mass is 335 g/mol. The molecule has 7 heteroatoms. The number of aryl methyl sites for hydroxylation is 1. The smallest absolute Gasteiger partial charge is 0.348 e. The zero-order chi connectivity index (χ0) is 16.9. The minimum Gasteiger partial charge on any atom is -0.481 e. The van der Waals surface area contributed by atoms with Gasteiger partial charge in [0.1, 0.15) is 0 Å². The van der Waals surface area contributed by atoms with Gasteiger partial charge in [-0.2, -0.15) is 0 Å². The second-order valence-electron chi connectivity index (χ2n) is 5.20. The first-order valence-electron chi connectivity index (χ1n) is 7.00. The summed E-state index contributed by atoms with van der Waals surface area (Å²) in [6.45, 7) is 0. The second kappa shape index (κ2) is 7.53. The van der Waals surface area contributed by atoms with E-state index in [2.05, 4.69) is 4.62 Å². The van der Waals surface area contributed by atoms with Gasteiger partial charge in [0.15, 0.2) is 0 Å². The lowest BCUT2D eigenvalue weighted by atomic mass is 9.98. The van der Waals surface area contributed by atoms with Crippen molar-refractivity contribution in [3.05, 3.63) is 59.7 Å². The molecule has 122 valence electrons. The van der Waals surface area contributed by atoms with Crippen molar-refractivity contribution >= 4 is 13.6 Å². The summed E-state index contributed by atoms with van der Waals surface area (Å²) in [6, 6.07) is 14.9. The normalized spacial score (nSPS) is 13.5. The van der Waals surface area contributed by atoms with Crippen LogP contribution in [0, 0.1) is 0 Å². The van der Waals surface area contributed by atoms with Crippen molar-refractivity contribution < 1.29 is 24.0 Å². The van der Waals surface area contributed by atoms with Crippen molar-refractivity contribution in [1.82, 2.24) is 0 Å². The summed E-state index contributed by atoms with van der Waals surface area (Å²) in [6.07, 6.45) is 0.0916. The van der Waals surface area contributed by atoms with Crippen LogP contribution in [0.5, 0.6) is 0 Å². The predicted molar refractivity (Wildman–Crippen MR) is 86.6 cm³/mol. The lowest BCUT2D eigenvalue weighted by Gasteiger charge is -2.12. The molecule has 0 radical (unpaired) electrons. The highest BCUT2D eigenvalue weighted by atomic mass is 31.2. The van der Waals surface area contributed by atoms with Crippen LogP contribution >= 0.6 is 7.60 Å². The van der Waals surface area contributed by atoms with Crippen molar-refractivity contribution in [2.45, 2.75) is 19.0 Å². The minimum absolute atomic E-state index is 0.0120. The van der Waals surface area contributed by atoms with E-state index in [0.29, 0.717) is 12.0 Å². The Balaban J connectivity index is 2.39. The molecule has 1 unspecified atom stereocenters. The van der Waals surface area contributed by atoms with Crippen LogP contribution in [0.3, 0.4) is 0 Å². The topological polar surface area (TPSA) is 110 Å². The molecule has 0 spiro atoms. The fraction of sp³-hybridized carbons (Fsp3) is 0.188. The molecule has 2 aromatic rings. The summed E-state index contributed by atoms with van der Waals surface area (Å²) in [5.74, 6) is 3.96. The Morgan fingerprint density at radius 1 is 1.09 bits per heavy atom. The molecular formula is C16H18NO5P. The molecular weight excluding hydrogens is 317 g/mol. The predicted octanol–water partition coefficient (Wildman–Crippen LogP) is 2.95. The number of carbonyl (C=O) groups is 1. The Hall–Kier alpha value is -1.98. The Labute approximate surface area is 134 Å². The molecule has 4 N–H and O–H groups in total. The van der Waals surface area contributed by atoms with Gasteiger partial charge >= 0.3 is 13.6 Å². The van der Waals surface area contributed by atoms with E-state index in [1.54, 1.807) is 12.1 Å². The van der Waals surface area contributed by atoms with E-state index in [1.807, 2.05) is 36.4 Å². The summed E-state index contributed by atoms with van der Waals surface area (Å²) in [5.41, 5.74) is 3.14. The summed E-state index contributed by atoms with van der Waals surface area (Å²) in [7, 11) is -3.90. The standard InChI is InChI=1S/C16H18NO5P/c17-22-23(20,21)11-13-8-12(6-7-16(18)19)9-15(10-13)14-4-2-1-3-5-14/h1-5,8-10H,6-7,11,17H2,(H,18,19)(H,20,21). The van der Waals surface area contributed by atoms with Gasteiger partial charge in [-0.25, -0.2) is 10.5 Å². The van der Waals surface area contributed by atoms with E-state index >= 15 is 0 Å². The first-order valence-corrected chi connectivity index (χ1v) is 8.76. The van der Waals surface area contributed by atoms with Crippen LogP contribution < -0.4 is 5.90 Å². The van der Waals surface area contributed by atoms with Gasteiger partial charge in [0.25, 0.3) is 0 Å². The molecule has 0 heterocycles. The van der Waals surface area contributed by atoms with Crippen LogP contribution in [-0.2, 0) is 26.6 Å². The number of benzene rings is 2.